The first-order chi connectivity index (χ1) is 14.8. The van der Waals surface area contributed by atoms with Crippen LogP contribution in [0.5, 0.6) is 5.75 Å². The first-order valence-electron chi connectivity index (χ1n) is 9.19. The van der Waals surface area contributed by atoms with Crippen molar-refractivity contribution in [2.75, 3.05) is 11.1 Å². The number of benzene rings is 2. The summed E-state index contributed by atoms with van der Waals surface area (Å²) in [6.45, 7) is 3.69. The molecule has 2 heterocycles. The number of anilines is 3. The van der Waals surface area contributed by atoms with Gasteiger partial charge in [-0.25, -0.2) is 4.79 Å². The number of aromatic nitrogens is 3. The summed E-state index contributed by atoms with van der Waals surface area (Å²) in [4.78, 5) is 24.1. The molecule has 0 atom stereocenters. The third-order valence-corrected chi connectivity index (χ3v) is 5.31. The molecule has 0 spiro atoms. The zero-order valence-electron chi connectivity index (χ0n) is 16.6. The molecule has 0 fully saturated rings. The Morgan fingerprint density at radius 2 is 1.81 bits per heavy atom. The predicted molar refractivity (Wildman–Crippen MR) is 120 cm³/mol. The number of hydrogen-bond donors (Lipinski definition) is 2. The van der Waals surface area contributed by atoms with Crippen LogP contribution in [0.15, 0.2) is 45.6 Å². The molecule has 0 unspecified atom stereocenters. The molecular weight excluding hydrogens is 441 g/mol. The van der Waals surface area contributed by atoms with Crippen molar-refractivity contribution in [3.8, 4) is 5.75 Å². The lowest BCUT2D eigenvalue weighted by Gasteiger charge is -2.10. The second kappa shape index (κ2) is 8.41. The molecule has 3 N–H and O–H groups in total. The minimum atomic E-state index is -0.417. The second-order valence-corrected chi connectivity index (χ2v) is 7.63. The number of nitrogens with two attached hydrogens (primary N) is 1. The van der Waals surface area contributed by atoms with Gasteiger partial charge in [-0.3, -0.25) is 0 Å². The highest BCUT2D eigenvalue weighted by Crippen LogP contribution is 2.29. The van der Waals surface area contributed by atoms with Crippen LogP contribution >= 0.6 is 23.2 Å². The van der Waals surface area contributed by atoms with E-state index in [1.165, 1.54) is 6.07 Å². The molecule has 0 aliphatic rings. The summed E-state index contributed by atoms with van der Waals surface area (Å²) < 4.78 is 11.0. The van der Waals surface area contributed by atoms with E-state index in [0.29, 0.717) is 32.9 Å². The normalized spacial score (nSPS) is 11.0. The van der Waals surface area contributed by atoms with Crippen LogP contribution in [0.2, 0.25) is 10.0 Å². The van der Waals surface area contributed by atoms with Crippen LogP contribution in [-0.2, 0) is 6.61 Å². The highest BCUT2D eigenvalue weighted by atomic mass is 35.5. The van der Waals surface area contributed by atoms with Crippen molar-refractivity contribution in [3.63, 3.8) is 0 Å². The molecule has 31 heavy (non-hydrogen) atoms. The van der Waals surface area contributed by atoms with E-state index in [1.54, 1.807) is 24.3 Å². The van der Waals surface area contributed by atoms with Gasteiger partial charge in [0.1, 0.15) is 17.9 Å². The van der Waals surface area contributed by atoms with E-state index in [2.05, 4.69) is 20.3 Å². The minimum absolute atomic E-state index is 0.0262. The number of nitrogens with zero attached hydrogens (tertiary/aromatic N) is 3. The van der Waals surface area contributed by atoms with Crippen LogP contribution in [0.3, 0.4) is 0 Å². The van der Waals surface area contributed by atoms with E-state index in [1.807, 2.05) is 19.9 Å². The third-order valence-electron chi connectivity index (χ3n) is 4.53. The van der Waals surface area contributed by atoms with Crippen molar-refractivity contribution in [1.82, 2.24) is 15.0 Å². The molecule has 10 heteroatoms. The van der Waals surface area contributed by atoms with Gasteiger partial charge in [-0.05, 0) is 49.2 Å². The molecular formula is C21H17Cl2N5O3. The van der Waals surface area contributed by atoms with Crippen LogP contribution in [0, 0.1) is 13.8 Å². The number of rotatable bonds is 5. The maximum absolute atomic E-state index is 11.6. The maximum Gasteiger partial charge on any atom is 0.336 e. The van der Waals surface area contributed by atoms with Gasteiger partial charge >= 0.3 is 5.63 Å². The van der Waals surface area contributed by atoms with Crippen molar-refractivity contribution in [2.45, 2.75) is 20.5 Å². The Bertz CT molecular complexity index is 1330. The number of nitrogens with one attached hydrogen (secondary N) is 1. The first kappa shape index (κ1) is 20.9. The predicted octanol–water partition coefficient (Wildman–Crippen LogP) is 4.81. The van der Waals surface area contributed by atoms with Gasteiger partial charge in [-0.15, -0.1) is 0 Å². The fourth-order valence-corrected chi connectivity index (χ4v) is 3.43. The van der Waals surface area contributed by atoms with E-state index in [9.17, 15) is 4.79 Å². The Morgan fingerprint density at radius 1 is 1.06 bits per heavy atom. The number of hydrogen-bond acceptors (Lipinski definition) is 8. The van der Waals surface area contributed by atoms with Crippen molar-refractivity contribution < 1.29 is 9.15 Å². The summed E-state index contributed by atoms with van der Waals surface area (Å²) in [6, 6.07) is 10.1. The smallest absolute Gasteiger partial charge is 0.336 e. The van der Waals surface area contributed by atoms with Gasteiger partial charge in [0.2, 0.25) is 11.9 Å². The van der Waals surface area contributed by atoms with E-state index in [-0.39, 0.29) is 18.5 Å². The number of ether oxygens (including phenoxy) is 1. The molecule has 8 nitrogen and oxygen atoms in total. The summed E-state index contributed by atoms with van der Waals surface area (Å²) in [5, 5.41) is 4.87. The Morgan fingerprint density at radius 3 is 2.55 bits per heavy atom. The lowest BCUT2D eigenvalue weighted by Crippen LogP contribution is -2.09. The average molecular weight is 458 g/mol. The minimum Gasteiger partial charge on any atom is -0.485 e. The van der Waals surface area contributed by atoms with Crippen molar-refractivity contribution in [3.05, 3.63) is 73.8 Å². The quantitative estimate of drug-likeness (QED) is 0.410. The second-order valence-electron chi connectivity index (χ2n) is 6.82. The van der Waals surface area contributed by atoms with E-state index < -0.39 is 5.63 Å². The van der Waals surface area contributed by atoms with E-state index in [4.69, 9.17) is 38.1 Å². The summed E-state index contributed by atoms with van der Waals surface area (Å²) in [6.07, 6.45) is 0. The Labute approximate surface area is 187 Å². The average Bonchev–Trinajstić information content (AvgIpc) is 2.69. The molecule has 0 amide bonds. The summed E-state index contributed by atoms with van der Waals surface area (Å²) >= 11 is 12.4. The van der Waals surface area contributed by atoms with Gasteiger partial charge in [0.15, 0.2) is 5.82 Å². The summed E-state index contributed by atoms with van der Waals surface area (Å²) in [5.41, 5.74) is 8.05. The van der Waals surface area contributed by atoms with Gasteiger partial charge in [-0.1, -0.05) is 23.2 Å². The van der Waals surface area contributed by atoms with Gasteiger partial charge in [-0.2, -0.15) is 15.0 Å². The molecule has 2 aromatic heterocycles. The summed E-state index contributed by atoms with van der Waals surface area (Å²) in [7, 11) is 0. The highest BCUT2D eigenvalue weighted by molar-refractivity contribution is 6.36. The Hall–Kier alpha value is -3.36. The van der Waals surface area contributed by atoms with Crippen LogP contribution in [-0.4, -0.2) is 15.0 Å². The van der Waals surface area contributed by atoms with E-state index >= 15 is 0 Å². The fourth-order valence-electron chi connectivity index (χ4n) is 2.95. The molecule has 0 saturated carbocycles. The molecule has 158 valence electrons. The zero-order valence-corrected chi connectivity index (χ0v) is 18.1. The Balaban J connectivity index is 1.54. The largest absolute Gasteiger partial charge is 0.485 e. The monoisotopic (exact) mass is 457 g/mol. The van der Waals surface area contributed by atoms with Gasteiger partial charge < -0.3 is 20.2 Å². The lowest BCUT2D eigenvalue weighted by atomic mass is 10.1. The first-order valence-corrected chi connectivity index (χ1v) is 9.94. The van der Waals surface area contributed by atoms with Crippen molar-refractivity contribution in [2.24, 2.45) is 0 Å². The molecule has 4 rings (SSSR count). The zero-order chi connectivity index (χ0) is 22.1. The molecule has 0 bridgehead atoms. The standard InChI is InChI=1S/C21H17Cl2N5O3/c1-10-5-19(29)31-17-8-13(3-4-14(10)17)30-9-18-26-20(24)28-21(27-18)25-12-6-15(22)11(2)16(23)7-12/h3-8H,9H2,1-2H3,(H3,24,25,26,27,28). The SMILES string of the molecule is Cc1c(Cl)cc(Nc2nc(N)nc(COc3ccc4c(C)cc(=O)oc4c3)n2)cc1Cl. The van der Waals surface area contributed by atoms with E-state index in [0.717, 1.165) is 16.5 Å². The van der Waals surface area contributed by atoms with Crippen LogP contribution in [0.4, 0.5) is 17.6 Å². The Kier molecular flexibility index (Phi) is 5.67. The van der Waals surface area contributed by atoms with Gasteiger partial charge in [0.05, 0.1) is 0 Å². The topological polar surface area (TPSA) is 116 Å². The molecule has 4 aromatic rings. The highest BCUT2D eigenvalue weighted by Gasteiger charge is 2.10. The fraction of sp³-hybridized carbons (Fsp3) is 0.143. The van der Waals surface area contributed by atoms with Crippen molar-refractivity contribution >= 4 is 51.8 Å². The molecule has 0 saturated heterocycles. The van der Waals surface area contributed by atoms with Crippen LogP contribution in [0.25, 0.3) is 11.0 Å². The third kappa shape index (κ3) is 4.70. The van der Waals surface area contributed by atoms with Crippen molar-refractivity contribution in [1.29, 1.82) is 0 Å². The van der Waals surface area contributed by atoms with Gasteiger partial charge in [0, 0.05) is 33.3 Å². The molecule has 2 aromatic carbocycles. The van der Waals surface area contributed by atoms with Gasteiger partial charge in [0.25, 0.3) is 0 Å². The van der Waals surface area contributed by atoms with Crippen LogP contribution in [0.1, 0.15) is 17.0 Å². The number of nitrogen functional groups attached to an aromatic ring is 1. The maximum atomic E-state index is 11.6. The summed E-state index contributed by atoms with van der Waals surface area (Å²) in [5.74, 6) is 1.06. The number of aryl methyl sites for hydroxylation is 1. The number of halogens is 2. The molecule has 0 radical (unpaired) electrons. The molecule has 0 aliphatic heterocycles. The van der Waals surface area contributed by atoms with Crippen LogP contribution < -0.4 is 21.4 Å². The number of fused-ring (bicyclic) bond motifs is 1. The molecule has 0 aliphatic carbocycles. The lowest BCUT2D eigenvalue weighted by molar-refractivity contribution is 0.296.